The Morgan fingerprint density at radius 1 is 1.12 bits per heavy atom. The van der Waals surface area contributed by atoms with Crippen LogP contribution in [0.2, 0.25) is 0 Å². The van der Waals surface area contributed by atoms with Crippen LogP contribution >= 0.6 is 0 Å². The van der Waals surface area contributed by atoms with Crippen molar-refractivity contribution in [3.63, 3.8) is 0 Å². The molecule has 2 saturated carbocycles. The topological polar surface area (TPSA) is 35.5 Å². The maximum atomic E-state index is 13.0. The summed E-state index contributed by atoms with van der Waals surface area (Å²) in [5.41, 5.74) is 2.69. The fourth-order valence-electron chi connectivity index (χ4n) is 6.40. The van der Waals surface area contributed by atoms with Gasteiger partial charge in [-0.25, -0.2) is 0 Å². The molecule has 3 aliphatic carbocycles. The highest BCUT2D eigenvalue weighted by Crippen LogP contribution is 2.60. The number of benzene rings is 1. The van der Waals surface area contributed by atoms with Gasteiger partial charge in [0.05, 0.1) is 6.61 Å². The van der Waals surface area contributed by atoms with E-state index >= 15 is 0 Å². The van der Waals surface area contributed by atoms with E-state index in [1.165, 1.54) is 37.7 Å². The lowest BCUT2D eigenvalue weighted by molar-refractivity contribution is -0.105. The van der Waals surface area contributed by atoms with E-state index in [1.54, 1.807) is 0 Å². The summed E-state index contributed by atoms with van der Waals surface area (Å²) < 4.78 is 11.7. The Morgan fingerprint density at radius 2 is 2.04 bits per heavy atom. The van der Waals surface area contributed by atoms with Gasteiger partial charge in [0.15, 0.2) is 12.1 Å². The molecule has 4 aliphatic rings. The second-order valence-electron chi connectivity index (χ2n) is 9.25. The first-order valence-corrected chi connectivity index (χ1v) is 10.6. The first kappa shape index (κ1) is 16.8. The number of rotatable bonds is 2. The molecular formula is C23H30O3. The van der Waals surface area contributed by atoms with Gasteiger partial charge in [-0.05, 0) is 79.4 Å². The third kappa shape index (κ3) is 2.70. The maximum absolute atomic E-state index is 13.0. The van der Waals surface area contributed by atoms with Crippen LogP contribution in [-0.2, 0) is 4.74 Å². The van der Waals surface area contributed by atoms with Crippen LogP contribution in [0.5, 0.6) is 5.75 Å². The van der Waals surface area contributed by atoms with Gasteiger partial charge in [-0.3, -0.25) is 4.79 Å². The molecule has 1 saturated heterocycles. The van der Waals surface area contributed by atoms with Gasteiger partial charge >= 0.3 is 0 Å². The minimum Gasteiger partial charge on any atom is -0.465 e. The van der Waals surface area contributed by atoms with Crippen molar-refractivity contribution in [3.8, 4) is 5.75 Å². The van der Waals surface area contributed by atoms with Crippen LogP contribution < -0.4 is 4.74 Å². The van der Waals surface area contributed by atoms with Gasteiger partial charge in [0.2, 0.25) is 0 Å². The van der Waals surface area contributed by atoms with Gasteiger partial charge in [0.1, 0.15) is 5.75 Å². The second kappa shape index (κ2) is 6.37. The molecule has 5 unspecified atom stereocenters. The fourth-order valence-corrected chi connectivity index (χ4v) is 6.40. The Bertz CT molecular complexity index is 705. The van der Waals surface area contributed by atoms with E-state index in [2.05, 4.69) is 19.1 Å². The molecule has 140 valence electrons. The average molecular weight is 354 g/mol. The molecule has 1 aromatic carbocycles. The summed E-state index contributed by atoms with van der Waals surface area (Å²) in [5.74, 6) is 2.99. The van der Waals surface area contributed by atoms with Crippen molar-refractivity contribution in [1.82, 2.24) is 0 Å². The molecule has 3 heteroatoms. The monoisotopic (exact) mass is 354 g/mol. The standard InChI is InChI=1S/C23H30O3/c1-23-10-4-5-20(23)18-14-21(24)19-13-15(26-22-6-2-3-12-25-22)7-8-16(19)17(18)9-11-23/h7-8,13,17-18,20,22H,2-6,9-12,14H2,1H3. The van der Waals surface area contributed by atoms with E-state index in [9.17, 15) is 4.79 Å². The number of ketones is 1. The summed E-state index contributed by atoms with van der Waals surface area (Å²) in [6.45, 7) is 3.25. The van der Waals surface area contributed by atoms with Crippen molar-refractivity contribution >= 4 is 5.78 Å². The highest BCUT2D eigenvalue weighted by molar-refractivity contribution is 5.99. The smallest absolute Gasteiger partial charge is 0.199 e. The van der Waals surface area contributed by atoms with Crippen molar-refractivity contribution in [2.75, 3.05) is 6.61 Å². The van der Waals surface area contributed by atoms with Gasteiger partial charge < -0.3 is 9.47 Å². The quantitative estimate of drug-likeness (QED) is 0.705. The molecule has 0 amide bonds. The molecule has 0 spiro atoms. The van der Waals surface area contributed by atoms with E-state index in [1.807, 2.05) is 6.07 Å². The fraction of sp³-hybridized carbons (Fsp3) is 0.696. The average Bonchev–Trinajstić information content (AvgIpc) is 3.05. The van der Waals surface area contributed by atoms with E-state index in [0.717, 1.165) is 49.5 Å². The van der Waals surface area contributed by atoms with Crippen LogP contribution in [0, 0.1) is 17.3 Å². The minimum absolute atomic E-state index is 0.151. The third-order valence-electron chi connectivity index (χ3n) is 7.77. The summed E-state index contributed by atoms with van der Waals surface area (Å²) in [6, 6.07) is 6.24. The van der Waals surface area contributed by atoms with Gasteiger partial charge in [-0.15, -0.1) is 0 Å². The van der Waals surface area contributed by atoms with Gasteiger partial charge in [-0.1, -0.05) is 19.4 Å². The molecule has 26 heavy (non-hydrogen) atoms. The summed E-state index contributed by atoms with van der Waals surface area (Å²) in [5, 5.41) is 0. The molecule has 1 heterocycles. The van der Waals surface area contributed by atoms with E-state index in [0.29, 0.717) is 23.0 Å². The van der Waals surface area contributed by atoms with Crippen molar-refractivity contribution in [3.05, 3.63) is 29.3 Å². The number of hydrogen-bond acceptors (Lipinski definition) is 3. The maximum Gasteiger partial charge on any atom is 0.199 e. The zero-order valence-corrected chi connectivity index (χ0v) is 15.8. The molecule has 1 aromatic rings. The van der Waals surface area contributed by atoms with Crippen molar-refractivity contribution < 1.29 is 14.3 Å². The van der Waals surface area contributed by atoms with Gasteiger partial charge in [-0.2, -0.15) is 0 Å². The number of ether oxygens (including phenoxy) is 2. The lowest BCUT2D eigenvalue weighted by atomic mass is 9.55. The molecular weight excluding hydrogens is 324 g/mol. The highest BCUT2D eigenvalue weighted by Gasteiger charge is 2.51. The summed E-state index contributed by atoms with van der Waals surface area (Å²) in [6.07, 6.45) is 10.4. The van der Waals surface area contributed by atoms with Gasteiger partial charge in [0, 0.05) is 18.4 Å². The Labute approximate surface area is 156 Å². The minimum atomic E-state index is -0.151. The predicted octanol–water partition coefficient (Wildman–Crippen LogP) is 5.48. The largest absolute Gasteiger partial charge is 0.465 e. The number of fused-ring (bicyclic) bond motifs is 5. The van der Waals surface area contributed by atoms with Crippen molar-refractivity contribution in [2.45, 2.75) is 76.9 Å². The van der Waals surface area contributed by atoms with Crippen molar-refractivity contribution in [2.24, 2.45) is 17.3 Å². The molecule has 5 atom stereocenters. The number of carbonyl (C=O) groups excluding carboxylic acids is 1. The zero-order chi connectivity index (χ0) is 17.7. The summed E-state index contributed by atoms with van der Waals surface area (Å²) in [7, 11) is 0. The van der Waals surface area contributed by atoms with Crippen LogP contribution in [-0.4, -0.2) is 18.7 Å². The van der Waals surface area contributed by atoms with Crippen molar-refractivity contribution in [1.29, 1.82) is 0 Å². The van der Waals surface area contributed by atoms with Crippen LogP contribution in [0.1, 0.15) is 86.6 Å². The molecule has 0 N–H and O–H groups in total. The number of carbonyl (C=O) groups is 1. The lowest BCUT2D eigenvalue weighted by Crippen LogP contribution is -2.41. The van der Waals surface area contributed by atoms with Crippen LogP contribution in [0.4, 0.5) is 0 Å². The molecule has 3 nitrogen and oxygen atoms in total. The molecule has 0 radical (unpaired) electrons. The van der Waals surface area contributed by atoms with Crippen LogP contribution in [0.3, 0.4) is 0 Å². The Balaban J connectivity index is 1.41. The van der Waals surface area contributed by atoms with E-state index in [-0.39, 0.29) is 6.29 Å². The lowest BCUT2D eigenvalue weighted by Gasteiger charge is -2.48. The molecule has 0 aromatic heterocycles. The number of Topliss-reactive ketones (excluding diaryl/α,β-unsaturated/α-hetero) is 1. The molecule has 5 rings (SSSR count). The summed E-state index contributed by atoms with van der Waals surface area (Å²) in [4.78, 5) is 13.0. The predicted molar refractivity (Wildman–Crippen MR) is 101 cm³/mol. The van der Waals surface area contributed by atoms with E-state index in [4.69, 9.17) is 9.47 Å². The zero-order valence-electron chi connectivity index (χ0n) is 15.8. The Kier molecular flexibility index (Phi) is 4.11. The molecule has 3 fully saturated rings. The van der Waals surface area contributed by atoms with E-state index < -0.39 is 0 Å². The highest BCUT2D eigenvalue weighted by atomic mass is 16.7. The SMILES string of the molecule is CC12CCCC1C1CC(=O)c3cc(OC4CCCCO4)ccc3C1CC2. The molecule has 1 aliphatic heterocycles. The number of hydrogen-bond donors (Lipinski definition) is 0. The van der Waals surface area contributed by atoms with Gasteiger partial charge in [0.25, 0.3) is 0 Å². The normalized spacial score (nSPS) is 39.0. The van der Waals surface area contributed by atoms with Crippen LogP contribution in [0.15, 0.2) is 18.2 Å². The first-order chi connectivity index (χ1) is 12.6. The second-order valence-corrected chi connectivity index (χ2v) is 9.25. The molecule has 0 bridgehead atoms. The Morgan fingerprint density at radius 3 is 2.88 bits per heavy atom. The van der Waals surface area contributed by atoms with Crippen LogP contribution in [0.25, 0.3) is 0 Å². The third-order valence-corrected chi connectivity index (χ3v) is 7.77. The Hall–Kier alpha value is -1.35. The summed E-state index contributed by atoms with van der Waals surface area (Å²) >= 11 is 0. The first-order valence-electron chi connectivity index (χ1n) is 10.6.